The van der Waals surface area contributed by atoms with Crippen molar-refractivity contribution in [1.82, 2.24) is 19.9 Å². The van der Waals surface area contributed by atoms with Crippen LogP contribution in [0.15, 0.2) is 183 Å². The Morgan fingerprint density at radius 3 is 0.959 bits per heavy atom. The van der Waals surface area contributed by atoms with Crippen LogP contribution in [0.3, 0.4) is 0 Å². The van der Waals surface area contributed by atoms with E-state index in [-0.39, 0.29) is 0 Å². The maximum absolute atomic E-state index is 5.28. The molecule has 9 rings (SSSR count). The fraction of sp³-hybridized carbons (Fsp3) is 0.0222. The van der Waals surface area contributed by atoms with Crippen LogP contribution in [-0.2, 0) is 5.41 Å². The van der Waals surface area contributed by atoms with Crippen LogP contribution < -0.4 is 0 Å². The maximum Gasteiger partial charge on any atom is 0.0718 e. The molecule has 230 valence electrons. The van der Waals surface area contributed by atoms with Gasteiger partial charge in [0, 0.05) is 58.2 Å². The second kappa shape index (κ2) is 11.9. The molecule has 1 aliphatic carbocycles. The zero-order valence-corrected chi connectivity index (χ0v) is 26.6. The first kappa shape index (κ1) is 28.7. The Balaban J connectivity index is 1.43. The highest BCUT2D eigenvalue weighted by Crippen LogP contribution is 2.56. The van der Waals surface area contributed by atoms with Gasteiger partial charge in [0.2, 0.25) is 0 Å². The highest BCUT2D eigenvalue weighted by molar-refractivity contribution is 5.87. The Bertz CT molecular complexity index is 2140. The van der Waals surface area contributed by atoms with E-state index in [0.717, 1.165) is 78.4 Å². The summed E-state index contributed by atoms with van der Waals surface area (Å²) in [6.45, 7) is 0. The van der Waals surface area contributed by atoms with Gasteiger partial charge in [-0.2, -0.15) is 0 Å². The van der Waals surface area contributed by atoms with Crippen molar-refractivity contribution in [2.24, 2.45) is 0 Å². The summed E-state index contributed by atoms with van der Waals surface area (Å²) in [6, 6.07) is 55.2. The molecular weight excluding hydrogens is 597 g/mol. The summed E-state index contributed by atoms with van der Waals surface area (Å²) in [4.78, 5) is 19.8. The molecule has 0 saturated heterocycles. The van der Waals surface area contributed by atoms with Crippen LogP contribution in [0.2, 0.25) is 0 Å². The minimum Gasteiger partial charge on any atom is -0.264 e. The lowest BCUT2D eigenvalue weighted by Crippen LogP contribution is -2.29. The first-order valence-electron chi connectivity index (χ1n) is 16.5. The third-order valence-corrected chi connectivity index (χ3v) is 9.54. The molecule has 0 unspecified atom stereocenters. The first-order valence-corrected chi connectivity index (χ1v) is 16.5. The summed E-state index contributed by atoms with van der Waals surface area (Å²) < 4.78 is 0. The molecule has 0 radical (unpaired) electrons. The van der Waals surface area contributed by atoms with E-state index in [1.165, 1.54) is 0 Å². The number of aromatic nitrogens is 4. The summed E-state index contributed by atoms with van der Waals surface area (Å²) >= 11 is 0. The van der Waals surface area contributed by atoms with E-state index < -0.39 is 5.41 Å². The molecule has 4 aromatic carbocycles. The van der Waals surface area contributed by atoms with Crippen molar-refractivity contribution in [3.63, 3.8) is 0 Å². The summed E-state index contributed by atoms with van der Waals surface area (Å²) in [5.74, 6) is 0. The average molecular weight is 627 g/mol. The quantitative estimate of drug-likeness (QED) is 0.184. The third kappa shape index (κ3) is 4.85. The number of fused-ring (bicyclic) bond motifs is 3. The Morgan fingerprint density at radius 1 is 0.347 bits per heavy atom. The van der Waals surface area contributed by atoms with Crippen LogP contribution in [0.5, 0.6) is 0 Å². The standard InChI is InChI=1S/C45H30N4/c1-5-13-31(14-6-1)41-25-35(26-42(48-41)32-15-7-2-8-16-32)45(39-21-23-46-29-37(39)38-30-47-24-22-40(38)45)36-27-43(33-17-9-3-10-18-33)49-44(28-36)34-19-11-4-12-20-34/h1-30H. The number of hydrogen-bond donors (Lipinski definition) is 0. The van der Waals surface area contributed by atoms with Gasteiger partial charge in [-0.1, -0.05) is 121 Å². The van der Waals surface area contributed by atoms with Crippen LogP contribution in [-0.4, -0.2) is 19.9 Å². The molecule has 0 aliphatic heterocycles. The Kier molecular flexibility index (Phi) is 6.98. The maximum atomic E-state index is 5.28. The van der Waals surface area contributed by atoms with Crippen molar-refractivity contribution in [3.8, 4) is 56.2 Å². The normalized spacial score (nSPS) is 12.7. The minimum absolute atomic E-state index is 0.734. The molecule has 4 heteroatoms. The van der Waals surface area contributed by atoms with Crippen molar-refractivity contribution >= 4 is 0 Å². The van der Waals surface area contributed by atoms with Crippen LogP contribution in [0.4, 0.5) is 0 Å². The Hall–Kier alpha value is -6.52. The van der Waals surface area contributed by atoms with Gasteiger partial charge in [0.25, 0.3) is 0 Å². The lowest BCUT2D eigenvalue weighted by molar-refractivity contribution is 0.763. The van der Waals surface area contributed by atoms with Gasteiger partial charge >= 0.3 is 0 Å². The number of hydrogen-bond acceptors (Lipinski definition) is 4. The lowest BCUT2D eigenvalue weighted by Gasteiger charge is -2.35. The van der Waals surface area contributed by atoms with Gasteiger partial charge in [-0.25, -0.2) is 9.97 Å². The molecule has 4 nitrogen and oxygen atoms in total. The van der Waals surface area contributed by atoms with E-state index in [9.17, 15) is 0 Å². The van der Waals surface area contributed by atoms with Gasteiger partial charge < -0.3 is 0 Å². The number of nitrogens with zero attached hydrogens (tertiary/aromatic N) is 4. The molecule has 0 atom stereocenters. The largest absolute Gasteiger partial charge is 0.264 e. The molecule has 4 heterocycles. The van der Waals surface area contributed by atoms with E-state index in [4.69, 9.17) is 9.97 Å². The van der Waals surface area contributed by atoms with E-state index in [2.05, 4.69) is 143 Å². The highest BCUT2D eigenvalue weighted by Gasteiger charge is 2.47. The van der Waals surface area contributed by atoms with Crippen LogP contribution in [0, 0.1) is 0 Å². The van der Waals surface area contributed by atoms with Gasteiger partial charge in [0.15, 0.2) is 0 Å². The molecule has 49 heavy (non-hydrogen) atoms. The summed E-state index contributed by atoms with van der Waals surface area (Å²) in [7, 11) is 0. The molecule has 0 amide bonds. The lowest BCUT2D eigenvalue weighted by atomic mass is 9.67. The molecular formula is C45H30N4. The van der Waals surface area contributed by atoms with Crippen molar-refractivity contribution < 1.29 is 0 Å². The Morgan fingerprint density at radius 2 is 0.653 bits per heavy atom. The molecule has 0 fully saturated rings. The minimum atomic E-state index is -0.734. The van der Waals surface area contributed by atoms with E-state index in [1.54, 1.807) is 0 Å². The fourth-order valence-corrected chi connectivity index (χ4v) is 7.33. The first-order chi connectivity index (χ1) is 24.3. The fourth-order valence-electron chi connectivity index (χ4n) is 7.33. The smallest absolute Gasteiger partial charge is 0.0718 e. The molecule has 8 aromatic rings. The zero-order chi connectivity index (χ0) is 32.6. The van der Waals surface area contributed by atoms with E-state index >= 15 is 0 Å². The number of rotatable bonds is 6. The van der Waals surface area contributed by atoms with Crippen molar-refractivity contribution in [2.75, 3.05) is 0 Å². The average Bonchev–Trinajstić information content (AvgIpc) is 3.50. The molecule has 0 N–H and O–H groups in total. The second-order valence-corrected chi connectivity index (χ2v) is 12.3. The highest BCUT2D eigenvalue weighted by atomic mass is 14.7. The molecule has 0 saturated carbocycles. The predicted octanol–water partition coefficient (Wildman–Crippen LogP) is 10.3. The van der Waals surface area contributed by atoms with Crippen LogP contribution in [0.1, 0.15) is 22.3 Å². The number of pyridine rings is 4. The van der Waals surface area contributed by atoms with Crippen molar-refractivity contribution in [1.29, 1.82) is 0 Å². The molecule has 0 spiro atoms. The third-order valence-electron chi connectivity index (χ3n) is 9.54. The molecule has 1 aliphatic rings. The van der Waals surface area contributed by atoms with Gasteiger partial charge in [0.1, 0.15) is 0 Å². The topological polar surface area (TPSA) is 51.6 Å². The summed E-state index contributed by atoms with van der Waals surface area (Å²) in [5.41, 5.74) is 13.8. The monoisotopic (exact) mass is 626 g/mol. The van der Waals surface area contributed by atoms with Gasteiger partial charge in [-0.3, -0.25) is 9.97 Å². The van der Waals surface area contributed by atoms with Crippen molar-refractivity contribution in [2.45, 2.75) is 5.41 Å². The van der Waals surface area contributed by atoms with Gasteiger partial charge in [0.05, 0.1) is 28.2 Å². The predicted molar refractivity (Wildman–Crippen MR) is 197 cm³/mol. The Labute approximate surface area is 285 Å². The SMILES string of the molecule is c1ccc(-c2cc(C3(c4cc(-c5ccccc5)nc(-c5ccccc5)c4)c4ccncc4-c4cnccc43)cc(-c3ccccc3)n2)cc1. The number of benzene rings is 4. The van der Waals surface area contributed by atoms with E-state index in [1.807, 2.05) is 49.1 Å². The zero-order valence-electron chi connectivity index (χ0n) is 26.6. The van der Waals surface area contributed by atoms with Gasteiger partial charge in [-0.15, -0.1) is 0 Å². The molecule has 4 aromatic heterocycles. The van der Waals surface area contributed by atoms with Crippen LogP contribution >= 0.6 is 0 Å². The van der Waals surface area contributed by atoms with E-state index in [0.29, 0.717) is 0 Å². The van der Waals surface area contributed by atoms with Crippen molar-refractivity contribution in [3.05, 3.63) is 205 Å². The van der Waals surface area contributed by atoms with Crippen LogP contribution in [0.25, 0.3) is 56.2 Å². The second-order valence-electron chi connectivity index (χ2n) is 12.3. The molecule has 0 bridgehead atoms. The summed E-state index contributed by atoms with van der Waals surface area (Å²) in [6.07, 6.45) is 7.77. The van der Waals surface area contributed by atoms with Gasteiger partial charge in [-0.05, 0) is 58.7 Å². The summed E-state index contributed by atoms with van der Waals surface area (Å²) in [5, 5.41) is 0.